The lowest BCUT2D eigenvalue weighted by Crippen LogP contribution is -2.34. The number of nitrogens with zero attached hydrogens (tertiary/aromatic N) is 2. The lowest BCUT2D eigenvalue weighted by atomic mass is 10.0. The van der Waals surface area contributed by atoms with Crippen LogP contribution in [-0.2, 0) is 0 Å². The number of fused-ring (bicyclic) bond motifs is 2. The molecule has 0 saturated carbocycles. The van der Waals surface area contributed by atoms with Crippen LogP contribution in [0.3, 0.4) is 0 Å². The summed E-state index contributed by atoms with van der Waals surface area (Å²) in [5, 5.41) is 9.91. The zero-order valence-corrected chi connectivity index (χ0v) is 18.1. The van der Waals surface area contributed by atoms with E-state index in [1.54, 1.807) is 0 Å². The van der Waals surface area contributed by atoms with E-state index in [1.807, 2.05) is 48.7 Å². The molecule has 0 bridgehead atoms. The zero-order valence-electron chi connectivity index (χ0n) is 18.1. The van der Waals surface area contributed by atoms with Gasteiger partial charge in [0, 0.05) is 41.3 Å². The van der Waals surface area contributed by atoms with Crippen LogP contribution in [0, 0.1) is 0 Å². The highest BCUT2D eigenvalue weighted by atomic mass is 16.1. The first-order valence-electron chi connectivity index (χ1n) is 10.8. The van der Waals surface area contributed by atoms with Gasteiger partial charge in [0.25, 0.3) is 5.91 Å². The maximum atomic E-state index is 12.5. The summed E-state index contributed by atoms with van der Waals surface area (Å²) < 4.78 is 0. The van der Waals surface area contributed by atoms with Crippen LogP contribution in [0.25, 0.3) is 21.7 Å². The van der Waals surface area contributed by atoms with Crippen molar-refractivity contribution in [3.63, 3.8) is 0 Å². The molecular formula is C26H28N4O. The molecule has 0 unspecified atom stereocenters. The highest BCUT2D eigenvalue weighted by Gasteiger charge is 2.10. The summed E-state index contributed by atoms with van der Waals surface area (Å²) in [7, 11) is 0. The first-order valence-corrected chi connectivity index (χ1v) is 10.8. The molecule has 0 saturated heterocycles. The second-order valence-corrected chi connectivity index (χ2v) is 7.53. The molecule has 0 spiro atoms. The van der Waals surface area contributed by atoms with E-state index < -0.39 is 0 Å². The Morgan fingerprint density at radius 3 is 2.45 bits per heavy atom. The highest BCUT2D eigenvalue weighted by molar-refractivity contribution is 6.11. The predicted molar refractivity (Wildman–Crippen MR) is 129 cm³/mol. The van der Waals surface area contributed by atoms with Crippen LogP contribution >= 0.6 is 0 Å². The standard InChI is InChI=1S/C26H28N4O/c1-3-30(4-2)17-16-28-26(31)19-11-13-21(14-12-19)29-25-22-9-6-5-8-20(22)18-24-23(25)10-7-15-27-24/h5-15,18,29H,3-4,16-17H2,1-2H3,(H,28,31). The highest BCUT2D eigenvalue weighted by Crippen LogP contribution is 2.34. The van der Waals surface area contributed by atoms with Gasteiger partial charge in [-0.3, -0.25) is 9.78 Å². The molecule has 0 atom stereocenters. The number of hydrogen-bond donors (Lipinski definition) is 2. The van der Waals surface area contributed by atoms with Gasteiger partial charge >= 0.3 is 0 Å². The van der Waals surface area contributed by atoms with Crippen molar-refractivity contribution in [2.24, 2.45) is 0 Å². The summed E-state index contributed by atoms with van der Waals surface area (Å²) in [6.07, 6.45) is 1.81. The molecule has 158 valence electrons. The molecule has 0 aliphatic rings. The van der Waals surface area contributed by atoms with Crippen molar-refractivity contribution in [3.05, 3.63) is 78.5 Å². The minimum atomic E-state index is -0.0430. The van der Waals surface area contributed by atoms with Crippen molar-refractivity contribution in [2.75, 3.05) is 31.5 Å². The minimum Gasteiger partial charge on any atom is -0.354 e. The number of hydrogen-bond acceptors (Lipinski definition) is 4. The molecule has 1 heterocycles. The predicted octanol–water partition coefficient (Wildman–Crippen LogP) is 5.20. The Kier molecular flexibility index (Phi) is 6.43. The maximum Gasteiger partial charge on any atom is 0.251 e. The Morgan fingerprint density at radius 2 is 1.68 bits per heavy atom. The molecule has 4 aromatic rings. The number of amides is 1. The summed E-state index contributed by atoms with van der Waals surface area (Å²) in [5.74, 6) is -0.0430. The van der Waals surface area contributed by atoms with Crippen molar-refractivity contribution in [3.8, 4) is 0 Å². The van der Waals surface area contributed by atoms with Crippen LogP contribution in [0.2, 0.25) is 0 Å². The SMILES string of the molecule is CCN(CC)CCNC(=O)c1ccc(Nc2c3ccccc3cc3ncccc23)cc1. The molecule has 5 heteroatoms. The summed E-state index contributed by atoms with van der Waals surface area (Å²) in [6.45, 7) is 7.75. The van der Waals surface area contributed by atoms with E-state index in [4.69, 9.17) is 0 Å². The van der Waals surface area contributed by atoms with Gasteiger partial charge in [-0.25, -0.2) is 0 Å². The van der Waals surface area contributed by atoms with Crippen LogP contribution in [0.1, 0.15) is 24.2 Å². The number of anilines is 2. The van der Waals surface area contributed by atoms with Gasteiger partial charge in [0.1, 0.15) is 0 Å². The molecule has 0 aliphatic heterocycles. The lowest BCUT2D eigenvalue weighted by molar-refractivity contribution is 0.0949. The molecule has 5 nitrogen and oxygen atoms in total. The van der Waals surface area contributed by atoms with E-state index in [1.165, 1.54) is 0 Å². The first kappa shape index (κ1) is 20.8. The molecule has 4 rings (SSSR count). The summed E-state index contributed by atoms with van der Waals surface area (Å²) in [5.41, 5.74) is 3.57. The topological polar surface area (TPSA) is 57.3 Å². The van der Waals surface area contributed by atoms with E-state index in [9.17, 15) is 4.79 Å². The van der Waals surface area contributed by atoms with Crippen molar-refractivity contribution in [2.45, 2.75) is 13.8 Å². The number of pyridine rings is 1. The third-order valence-corrected chi connectivity index (χ3v) is 5.65. The number of carbonyl (C=O) groups excluding carboxylic acids is 1. The van der Waals surface area contributed by atoms with E-state index in [0.717, 1.165) is 52.7 Å². The quantitative estimate of drug-likeness (QED) is 0.391. The van der Waals surface area contributed by atoms with Crippen molar-refractivity contribution >= 4 is 39.0 Å². The number of benzene rings is 3. The Bertz CT molecular complexity index is 1130. The van der Waals surface area contributed by atoms with Gasteiger partial charge < -0.3 is 15.5 Å². The molecule has 31 heavy (non-hydrogen) atoms. The Balaban J connectivity index is 1.53. The third kappa shape index (κ3) is 4.67. The van der Waals surface area contributed by atoms with Crippen LogP contribution < -0.4 is 10.6 Å². The van der Waals surface area contributed by atoms with Gasteiger partial charge in [0.15, 0.2) is 0 Å². The van der Waals surface area contributed by atoms with Crippen molar-refractivity contribution in [1.82, 2.24) is 15.2 Å². The number of likely N-dealkylation sites (N-methyl/N-ethyl adjacent to an activating group) is 1. The largest absolute Gasteiger partial charge is 0.354 e. The number of carbonyl (C=O) groups is 1. The molecule has 0 radical (unpaired) electrons. The van der Waals surface area contributed by atoms with Gasteiger partial charge in [-0.05, 0) is 60.9 Å². The fraction of sp³-hybridized carbons (Fsp3) is 0.231. The van der Waals surface area contributed by atoms with E-state index in [-0.39, 0.29) is 5.91 Å². The van der Waals surface area contributed by atoms with Crippen LogP contribution in [-0.4, -0.2) is 42.0 Å². The smallest absolute Gasteiger partial charge is 0.251 e. The van der Waals surface area contributed by atoms with Gasteiger partial charge in [-0.1, -0.05) is 38.1 Å². The molecule has 3 aromatic carbocycles. The number of aromatic nitrogens is 1. The Labute approximate surface area is 183 Å². The molecule has 0 aliphatic carbocycles. The minimum absolute atomic E-state index is 0.0430. The maximum absolute atomic E-state index is 12.5. The van der Waals surface area contributed by atoms with Crippen molar-refractivity contribution < 1.29 is 4.79 Å². The van der Waals surface area contributed by atoms with E-state index >= 15 is 0 Å². The summed E-state index contributed by atoms with van der Waals surface area (Å²) >= 11 is 0. The van der Waals surface area contributed by atoms with Crippen LogP contribution in [0.4, 0.5) is 11.4 Å². The Morgan fingerprint density at radius 1 is 0.935 bits per heavy atom. The normalized spacial score (nSPS) is 11.2. The number of rotatable bonds is 8. The molecule has 0 fully saturated rings. The first-order chi connectivity index (χ1) is 15.2. The van der Waals surface area contributed by atoms with Crippen LogP contribution in [0.15, 0.2) is 72.9 Å². The third-order valence-electron chi connectivity index (χ3n) is 5.65. The fourth-order valence-corrected chi connectivity index (χ4v) is 3.84. The molecule has 1 amide bonds. The number of nitrogens with one attached hydrogen (secondary N) is 2. The summed E-state index contributed by atoms with van der Waals surface area (Å²) in [6, 6.07) is 22.1. The van der Waals surface area contributed by atoms with Crippen LogP contribution in [0.5, 0.6) is 0 Å². The van der Waals surface area contributed by atoms with Gasteiger partial charge in [-0.15, -0.1) is 0 Å². The monoisotopic (exact) mass is 412 g/mol. The second-order valence-electron chi connectivity index (χ2n) is 7.53. The average molecular weight is 413 g/mol. The van der Waals surface area contributed by atoms with E-state index in [2.05, 4.69) is 58.6 Å². The Hall–Kier alpha value is -3.44. The molecular weight excluding hydrogens is 384 g/mol. The van der Waals surface area contributed by atoms with Gasteiger partial charge in [0.05, 0.1) is 11.2 Å². The van der Waals surface area contributed by atoms with E-state index in [0.29, 0.717) is 12.1 Å². The lowest BCUT2D eigenvalue weighted by Gasteiger charge is -2.18. The van der Waals surface area contributed by atoms with Gasteiger partial charge in [-0.2, -0.15) is 0 Å². The average Bonchev–Trinajstić information content (AvgIpc) is 2.82. The van der Waals surface area contributed by atoms with Crippen molar-refractivity contribution in [1.29, 1.82) is 0 Å². The fourth-order valence-electron chi connectivity index (χ4n) is 3.84. The van der Waals surface area contributed by atoms with Gasteiger partial charge in [0.2, 0.25) is 0 Å². The zero-order chi connectivity index (χ0) is 21.6. The molecule has 2 N–H and O–H groups in total. The molecule has 1 aromatic heterocycles. The summed E-state index contributed by atoms with van der Waals surface area (Å²) in [4.78, 5) is 19.3. The second kappa shape index (κ2) is 9.58.